The number of rotatable bonds is 17. The molecule has 0 saturated heterocycles. The molecular formula is C21H36NaO4S. The molecule has 1 rings (SSSR count). The van der Waals surface area contributed by atoms with Crippen molar-refractivity contribution in [1.82, 2.24) is 0 Å². The molecule has 0 unspecified atom stereocenters. The molecule has 0 N–H and O–H groups in total. The second kappa shape index (κ2) is 18.0. The van der Waals surface area contributed by atoms with Crippen LogP contribution in [0.2, 0.25) is 0 Å². The first-order chi connectivity index (χ1) is 12.6. The van der Waals surface area contributed by atoms with E-state index in [4.69, 9.17) is 8.37 Å². The third kappa shape index (κ3) is 16.6. The van der Waals surface area contributed by atoms with Gasteiger partial charge >= 0.3 is 10.4 Å². The van der Waals surface area contributed by atoms with Crippen LogP contribution >= 0.6 is 0 Å². The van der Waals surface area contributed by atoms with E-state index in [0.29, 0.717) is 0 Å². The second-order valence-electron chi connectivity index (χ2n) is 6.87. The molecule has 0 aliphatic carbocycles. The molecule has 0 aliphatic heterocycles. The molecule has 27 heavy (non-hydrogen) atoms. The van der Waals surface area contributed by atoms with Crippen LogP contribution in [0, 0.1) is 0 Å². The molecule has 4 nitrogen and oxygen atoms in total. The Hall–Kier alpha value is -0.0700. The van der Waals surface area contributed by atoms with Crippen molar-refractivity contribution in [1.29, 1.82) is 0 Å². The minimum absolute atomic E-state index is 0. The van der Waals surface area contributed by atoms with Crippen LogP contribution in [0.4, 0.5) is 0 Å². The normalized spacial score (nSPS) is 11.1. The zero-order valence-corrected chi connectivity index (χ0v) is 20.1. The molecule has 1 aromatic carbocycles. The average Bonchev–Trinajstić information content (AvgIpc) is 2.62. The summed E-state index contributed by atoms with van der Waals surface area (Å²) in [7, 11) is -3.95. The Morgan fingerprint density at radius 3 is 1.63 bits per heavy atom. The molecule has 0 amide bonds. The van der Waals surface area contributed by atoms with Gasteiger partial charge in [0.05, 0.1) is 6.61 Å². The Kier molecular flexibility index (Phi) is 17.9. The van der Waals surface area contributed by atoms with E-state index < -0.39 is 10.4 Å². The van der Waals surface area contributed by atoms with Crippen LogP contribution in [0.15, 0.2) is 30.3 Å². The fourth-order valence-corrected chi connectivity index (χ4v) is 3.62. The molecule has 1 aromatic rings. The van der Waals surface area contributed by atoms with E-state index in [9.17, 15) is 8.42 Å². The molecule has 0 bridgehead atoms. The first-order valence-corrected chi connectivity index (χ1v) is 11.6. The summed E-state index contributed by atoms with van der Waals surface area (Å²) < 4.78 is 33.1. The van der Waals surface area contributed by atoms with E-state index in [1.54, 1.807) is 30.3 Å². The van der Waals surface area contributed by atoms with Crippen molar-refractivity contribution in [2.45, 2.75) is 90.4 Å². The van der Waals surface area contributed by atoms with E-state index in [2.05, 4.69) is 6.92 Å². The van der Waals surface area contributed by atoms with Gasteiger partial charge in [-0.2, -0.15) is 8.42 Å². The fourth-order valence-electron chi connectivity index (χ4n) is 2.90. The van der Waals surface area contributed by atoms with Crippen LogP contribution in [-0.2, 0) is 14.6 Å². The number of hydrogen-bond donors (Lipinski definition) is 0. The van der Waals surface area contributed by atoms with E-state index in [1.807, 2.05) is 0 Å². The molecule has 0 aromatic heterocycles. The maximum atomic E-state index is 11.7. The van der Waals surface area contributed by atoms with Crippen molar-refractivity contribution in [3.63, 3.8) is 0 Å². The molecule has 0 fully saturated rings. The maximum absolute atomic E-state index is 11.7. The van der Waals surface area contributed by atoms with Gasteiger partial charge in [-0.3, -0.25) is 0 Å². The second-order valence-corrected chi connectivity index (χ2v) is 8.09. The van der Waals surface area contributed by atoms with Crippen molar-refractivity contribution in [2.24, 2.45) is 0 Å². The summed E-state index contributed by atoms with van der Waals surface area (Å²) >= 11 is 0. The molecule has 0 saturated carbocycles. The summed E-state index contributed by atoms with van der Waals surface area (Å²) in [5.41, 5.74) is 0. The Bertz CT molecular complexity index is 534. The summed E-state index contributed by atoms with van der Waals surface area (Å²) in [6.45, 7) is 2.44. The van der Waals surface area contributed by atoms with Crippen LogP contribution in [0.1, 0.15) is 90.4 Å². The Balaban J connectivity index is 0.00000676. The number of para-hydroxylation sites is 1. The Morgan fingerprint density at radius 1 is 0.704 bits per heavy atom. The third-order valence-corrected chi connectivity index (χ3v) is 5.27. The number of hydrogen-bond acceptors (Lipinski definition) is 4. The van der Waals surface area contributed by atoms with Crippen molar-refractivity contribution < 1.29 is 16.8 Å². The smallest absolute Gasteiger partial charge is 0.362 e. The van der Waals surface area contributed by atoms with Gasteiger partial charge in [-0.05, 0) is 18.6 Å². The molecule has 0 spiro atoms. The van der Waals surface area contributed by atoms with E-state index >= 15 is 0 Å². The minimum atomic E-state index is -3.95. The van der Waals surface area contributed by atoms with E-state index in [1.165, 1.54) is 64.2 Å². The summed E-state index contributed by atoms with van der Waals surface area (Å²) in [6, 6.07) is 8.42. The number of unbranched alkanes of at least 4 members (excludes halogenated alkanes) is 12. The summed E-state index contributed by atoms with van der Waals surface area (Å²) in [4.78, 5) is 0. The quantitative estimate of drug-likeness (QED) is 0.233. The van der Waals surface area contributed by atoms with Crippen LogP contribution < -0.4 is 4.18 Å². The average molecular weight is 408 g/mol. The topological polar surface area (TPSA) is 52.6 Å². The monoisotopic (exact) mass is 407 g/mol. The molecule has 151 valence electrons. The summed E-state index contributed by atoms with van der Waals surface area (Å²) in [5.74, 6) is 0.276. The third-order valence-electron chi connectivity index (χ3n) is 4.42. The Labute approximate surface area is 189 Å². The first kappa shape index (κ1) is 26.9. The van der Waals surface area contributed by atoms with Gasteiger partial charge in [0, 0.05) is 29.6 Å². The van der Waals surface area contributed by atoms with Gasteiger partial charge in [-0.25, -0.2) is 4.18 Å². The molecule has 0 heterocycles. The summed E-state index contributed by atoms with van der Waals surface area (Å²) in [6.07, 6.45) is 16.3. The zero-order valence-electron chi connectivity index (χ0n) is 17.3. The van der Waals surface area contributed by atoms with Crippen LogP contribution in [0.3, 0.4) is 0 Å². The molecule has 1 radical (unpaired) electrons. The van der Waals surface area contributed by atoms with Gasteiger partial charge in [0.1, 0.15) is 5.75 Å². The van der Waals surface area contributed by atoms with E-state index in [-0.39, 0.29) is 41.9 Å². The zero-order chi connectivity index (χ0) is 18.9. The van der Waals surface area contributed by atoms with Crippen molar-refractivity contribution >= 4 is 40.0 Å². The maximum Gasteiger partial charge on any atom is 0.449 e. The molecular weight excluding hydrogens is 371 g/mol. The largest absolute Gasteiger partial charge is 0.449 e. The van der Waals surface area contributed by atoms with Gasteiger partial charge < -0.3 is 4.18 Å². The first-order valence-electron chi connectivity index (χ1n) is 10.3. The van der Waals surface area contributed by atoms with Crippen molar-refractivity contribution in [3.8, 4) is 5.75 Å². The van der Waals surface area contributed by atoms with Crippen LogP contribution in [-0.4, -0.2) is 44.6 Å². The SMILES string of the molecule is CCCCCCCCCCCCCCCOS(=O)(=O)Oc1ccccc1.[Na]. The predicted octanol–water partition coefficient (Wildman–Crippen LogP) is 6.04. The van der Waals surface area contributed by atoms with Gasteiger partial charge in [0.15, 0.2) is 0 Å². The van der Waals surface area contributed by atoms with Gasteiger partial charge in [0.25, 0.3) is 0 Å². The van der Waals surface area contributed by atoms with Crippen LogP contribution in [0.5, 0.6) is 5.75 Å². The summed E-state index contributed by atoms with van der Waals surface area (Å²) in [5, 5.41) is 0. The minimum Gasteiger partial charge on any atom is -0.362 e. The van der Waals surface area contributed by atoms with Crippen LogP contribution in [0.25, 0.3) is 0 Å². The number of benzene rings is 1. The standard InChI is InChI=1S/C21H36O4S.Na/c1-2-3-4-5-6-7-8-9-10-11-12-13-17-20-24-26(22,23)25-21-18-15-14-16-19-21;/h14-16,18-19H,2-13,17,20H2,1H3;. The van der Waals surface area contributed by atoms with Gasteiger partial charge in [-0.15, -0.1) is 0 Å². The van der Waals surface area contributed by atoms with Gasteiger partial charge in [0.2, 0.25) is 0 Å². The van der Waals surface area contributed by atoms with E-state index in [0.717, 1.165) is 19.3 Å². The van der Waals surface area contributed by atoms with Crippen molar-refractivity contribution in [3.05, 3.63) is 30.3 Å². The Morgan fingerprint density at radius 2 is 1.15 bits per heavy atom. The predicted molar refractivity (Wildman–Crippen MR) is 113 cm³/mol. The van der Waals surface area contributed by atoms with Gasteiger partial charge in [-0.1, -0.05) is 102 Å². The molecule has 0 atom stereocenters. The fraction of sp³-hybridized carbons (Fsp3) is 0.714. The van der Waals surface area contributed by atoms with Crippen molar-refractivity contribution in [2.75, 3.05) is 6.61 Å². The molecule has 0 aliphatic rings. The molecule has 6 heteroatoms.